The molecule has 4 aromatic rings. The summed E-state index contributed by atoms with van der Waals surface area (Å²) in [6.45, 7) is 8.23. The Hall–Kier alpha value is -2.51. The van der Waals surface area contributed by atoms with Gasteiger partial charge in [-0.1, -0.05) is 54.1 Å². The van der Waals surface area contributed by atoms with Crippen LogP contribution in [0.2, 0.25) is 0 Å². The molecule has 1 unspecified atom stereocenters. The highest BCUT2D eigenvalue weighted by molar-refractivity contribution is 7.98. The molecule has 0 bridgehead atoms. The maximum atomic E-state index is 12.4. The van der Waals surface area contributed by atoms with Crippen LogP contribution in [0.4, 0.5) is 0 Å². The quantitative estimate of drug-likeness (QED) is 0.379. The van der Waals surface area contributed by atoms with E-state index in [2.05, 4.69) is 64.2 Å². The number of aromatic nitrogens is 2. The molecule has 2 aliphatic rings. The van der Waals surface area contributed by atoms with Crippen LogP contribution in [0.25, 0.3) is 11.0 Å². The number of nitrogens with zero attached hydrogens (tertiary/aromatic N) is 3. The van der Waals surface area contributed by atoms with Gasteiger partial charge in [-0.3, -0.25) is 9.47 Å². The summed E-state index contributed by atoms with van der Waals surface area (Å²) in [6, 6.07) is 24.2. The standard InChI is InChI=1S/C29H32N4OS.ClH/c1-21-11-12-27-24(19-21)28(23-8-3-2-7-22(23)20-35-27)32-17-15-31(16-18-32)13-6-14-33-26-10-5-4-9-25(26)30-29(33)34;/h2-5,7-12,19,28H,6,13-18,20H2,1H3,(H,30,34);1H. The molecule has 6 rings (SSSR count). The molecule has 0 radical (unpaired) electrons. The van der Waals surface area contributed by atoms with E-state index in [4.69, 9.17) is 0 Å². The average molecular weight is 521 g/mol. The zero-order valence-electron chi connectivity index (χ0n) is 20.7. The molecular formula is C29H33ClN4OS. The Morgan fingerprint density at radius 2 is 1.69 bits per heavy atom. The number of nitrogens with one attached hydrogen (secondary N) is 1. The molecule has 7 heteroatoms. The number of aromatic amines is 1. The third-order valence-corrected chi connectivity index (χ3v) is 8.64. The van der Waals surface area contributed by atoms with Crippen molar-refractivity contribution >= 4 is 35.2 Å². The molecule has 1 atom stereocenters. The second kappa shape index (κ2) is 10.9. The Bertz CT molecular complexity index is 1410. The second-order valence-electron chi connectivity index (χ2n) is 9.76. The van der Waals surface area contributed by atoms with Gasteiger partial charge in [-0.25, -0.2) is 4.79 Å². The lowest BCUT2D eigenvalue weighted by Crippen LogP contribution is -2.48. The fraction of sp³-hybridized carbons (Fsp3) is 0.345. The van der Waals surface area contributed by atoms with E-state index in [1.165, 1.54) is 27.1 Å². The minimum absolute atomic E-state index is 0. The van der Waals surface area contributed by atoms with Gasteiger partial charge in [0.25, 0.3) is 0 Å². The summed E-state index contributed by atoms with van der Waals surface area (Å²) >= 11 is 1.97. The SMILES string of the molecule is Cc1ccc2c(c1)C(N1CCN(CCCn3c(=O)[nH]c4ccccc43)CC1)c1ccccc1CS2.Cl. The van der Waals surface area contributed by atoms with Crippen LogP contribution < -0.4 is 5.69 Å². The molecule has 1 saturated heterocycles. The number of benzene rings is 3. The van der Waals surface area contributed by atoms with Gasteiger partial charge < -0.3 is 9.88 Å². The predicted octanol–water partition coefficient (Wildman–Crippen LogP) is 5.46. The number of halogens is 1. The number of imidazole rings is 1. The molecule has 188 valence electrons. The van der Waals surface area contributed by atoms with Gasteiger partial charge in [0.1, 0.15) is 0 Å². The van der Waals surface area contributed by atoms with Crippen molar-refractivity contribution in [3.63, 3.8) is 0 Å². The van der Waals surface area contributed by atoms with Crippen LogP contribution in [0.15, 0.2) is 76.4 Å². The predicted molar refractivity (Wildman–Crippen MR) is 151 cm³/mol. The topological polar surface area (TPSA) is 44.3 Å². The van der Waals surface area contributed by atoms with E-state index >= 15 is 0 Å². The molecule has 0 amide bonds. The zero-order valence-corrected chi connectivity index (χ0v) is 22.3. The summed E-state index contributed by atoms with van der Waals surface area (Å²) in [5.41, 5.74) is 7.64. The molecule has 5 nitrogen and oxygen atoms in total. The lowest BCUT2D eigenvalue weighted by Gasteiger charge is -2.40. The fourth-order valence-electron chi connectivity index (χ4n) is 5.69. The van der Waals surface area contributed by atoms with Crippen molar-refractivity contribution in [3.05, 3.63) is 99.5 Å². The summed E-state index contributed by atoms with van der Waals surface area (Å²) in [6.07, 6.45) is 0.979. The molecule has 2 aliphatic heterocycles. The number of hydrogen-bond donors (Lipinski definition) is 1. The Kier molecular flexibility index (Phi) is 7.58. The number of hydrogen-bond acceptors (Lipinski definition) is 4. The maximum absolute atomic E-state index is 12.4. The van der Waals surface area contributed by atoms with Gasteiger partial charge in [0.05, 0.1) is 17.1 Å². The van der Waals surface area contributed by atoms with Gasteiger partial charge in [0.15, 0.2) is 0 Å². The number of thioether (sulfide) groups is 1. The summed E-state index contributed by atoms with van der Waals surface area (Å²) in [5, 5.41) is 0. The van der Waals surface area contributed by atoms with Gasteiger partial charge in [-0.2, -0.15) is 0 Å². The Labute approximate surface area is 222 Å². The van der Waals surface area contributed by atoms with E-state index in [9.17, 15) is 4.79 Å². The van der Waals surface area contributed by atoms with E-state index < -0.39 is 0 Å². The van der Waals surface area contributed by atoms with E-state index in [1.54, 1.807) is 0 Å². The Balaban J connectivity index is 0.00000267. The van der Waals surface area contributed by atoms with Crippen molar-refractivity contribution in [1.82, 2.24) is 19.4 Å². The second-order valence-corrected chi connectivity index (χ2v) is 10.8. The first-order chi connectivity index (χ1) is 17.2. The lowest BCUT2D eigenvalue weighted by molar-refractivity contribution is 0.107. The summed E-state index contributed by atoms with van der Waals surface area (Å²) in [4.78, 5) is 22.0. The summed E-state index contributed by atoms with van der Waals surface area (Å²) < 4.78 is 1.88. The molecule has 0 aliphatic carbocycles. The van der Waals surface area contributed by atoms with Crippen LogP contribution in [-0.4, -0.2) is 52.1 Å². The van der Waals surface area contributed by atoms with Crippen LogP contribution in [0.1, 0.15) is 34.7 Å². The zero-order chi connectivity index (χ0) is 23.8. The van der Waals surface area contributed by atoms with Crippen LogP contribution in [-0.2, 0) is 12.3 Å². The summed E-state index contributed by atoms with van der Waals surface area (Å²) in [5.74, 6) is 1.04. The highest BCUT2D eigenvalue weighted by atomic mass is 35.5. The average Bonchev–Trinajstić information content (AvgIpc) is 3.10. The van der Waals surface area contributed by atoms with Crippen molar-refractivity contribution < 1.29 is 0 Å². The monoisotopic (exact) mass is 520 g/mol. The molecule has 36 heavy (non-hydrogen) atoms. The number of aryl methyl sites for hydroxylation is 2. The first-order valence-electron chi connectivity index (χ1n) is 12.6. The molecule has 1 aromatic heterocycles. The smallest absolute Gasteiger partial charge is 0.306 e. The molecule has 0 saturated carbocycles. The maximum Gasteiger partial charge on any atom is 0.326 e. The van der Waals surface area contributed by atoms with Crippen molar-refractivity contribution in [2.24, 2.45) is 0 Å². The normalized spacial score (nSPS) is 18.3. The molecule has 3 heterocycles. The third kappa shape index (κ3) is 4.88. The first kappa shape index (κ1) is 25.2. The number of H-pyrrole nitrogens is 1. The Morgan fingerprint density at radius 1 is 0.917 bits per heavy atom. The highest BCUT2D eigenvalue weighted by Crippen LogP contribution is 2.42. The summed E-state index contributed by atoms with van der Waals surface area (Å²) in [7, 11) is 0. The molecule has 1 fully saturated rings. The fourth-order valence-corrected chi connectivity index (χ4v) is 6.76. The number of rotatable bonds is 5. The minimum Gasteiger partial charge on any atom is -0.306 e. The van der Waals surface area contributed by atoms with Crippen LogP contribution in [0, 0.1) is 6.92 Å². The number of para-hydroxylation sites is 2. The molecular weight excluding hydrogens is 488 g/mol. The number of piperazine rings is 1. The van der Waals surface area contributed by atoms with Crippen molar-refractivity contribution in [2.75, 3.05) is 32.7 Å². The van der Waals surface area contributed by atoms with Crippen LogP contribution in [0.5, 0.6) is 0 Å². The van der Waals surface area contributed by atoms with E-state index in [-0.39, 0.29) is 18.1 Å². The third-order valence-electron chi connectivity index (χ3n) is 7.50. The van der Waals surface area contributed by atoms with Gasteiger partial charge in [-0.15, -0.1) is 24.2 Å². The highest BCUT2D eigenvalue weighted by Gasteiger charge is 2.31. The van der Waals surface area contributed by atoms with Gasteiger partial charge in [-0.05, 0) is 54.8 Å². The lowest BCUT2D eigenvalue weighted by atomic mass is 9.92. The Morgan fingerprint density at radius 3 is 2.56 bits per heavy atom. The van der Waals surface area contributed by atoms with Gasteiger partial charge >= 0.3 is 5.69 Å². The largest absolute Gasteiger partial charge is 0.326 e. The van der Waals surface area contributed by atoms with Crippen LogP contribution in [0.3, 0.4) is 0 Å². The molecule has 3 aromatic carbocycles. The number of fused-ring (bicyclic) bond motifs is 3. The molecule has 1 N–H and O–H groups in total. The van der Waals surface area contributed by atoms with E-state index in [0.29, 0.717) is 6.04 Å². The van der Waals surface area contributed by atoms with Gasteiger partial charge in [0, 0.05) is 43.4 Å². The van der Waals surface area contributed by atoms with E-state index in [1.807, 2.05) is 40.6 Å². The van der Waals surface area contributed by atoms with Crippen molar-refractivity contribution in [1.29, 1.82) is 0 Å². The van der Waals surface area contributed by atoms with Crippen LogP contribution >= 0.6 is 24.2 Å². The van der Waals surface area contributed by atoms with Crippen molar-refractivity contribution in [3.8, 4) is 0 Å². The first-order valence-corrected chi connectivity index (χ1v) is 13.6. The molecule has 0 spiro atoms. The van der Waals surface area contributed by atoms with Gasteiger partial charge in [0.2, 0.25) is 0 Å². The minimum atomic E-state index is -0.00474. The van der Waals surface area contributed by atoms with Crippen molar-refractivity contribution in [2.45, 2.75) is 36.6 Å². The van der Waals surface area contributed by atoms with E-state index in [0.717, 1.165) is 62.5 Å².